The third-order valence-electron chi connectivity index (χ3n) is 1.82. The van der Waals surface area contributed by atoms with Gasteiger partial charge in [0.1, 0.15) is 10.7 Å². The highest BCUT2D eigenvalue weighted by atomic mass is 32.1. The molecule has 13 heavy (non-hydrogen) atoms. The van der Waals surface area contributed by atoms with Crippen LogP contribution < -0.4 is 5.73 Å². The Bertz CT molecular complexity index is 252. The lowest BCUT2D eigenvalue weighted by Crippen LogP contribution is -2.26. The number of aromatic nitrogens is 2. The number of nitrogens with two attached hydrogens (primary N) is 1. The topological polar surface area (TPSA) is 75.3 Å². The van der Waals surface area contributed by atoms with Crippen LogP contribution in [0, 0.1) is 0 Å². The van der Waals surface area contributed by atoms with Gasteiger partial charge in [0.25, 0.3) is 0 Å². The standard InChI is InChI=1S/C7H14N4OS/c1-2-11(3-4-12)5-6-7(8)13-10-9-6/h12H,2-5,8H2,1H3. The van der Waals surface area contributed by atoms with Gasteiger partial charge < -0.3 is 10.8 Å². The van der Waals surface area contributed by atoms with Crippen LogP contribution in [0.4, 0.5) is 5.00 Å². The number of anilines is 1. The fourth-order valence-electron chi connectivity index (χ4n) is 1.03. The Morgan fingerprint density at radius 3 is 2.85 bits per heavy atom. The van der Waals surface area contributed by atoms with Gasteiger partial charge in [0.05, 0.1) is 6.61 Å². The Morgan fingerprint density at radius 1 is 1.62 bits per heavy atom. The molecule has 1 heterocycles. The predicted octanol–water partition coefficient (Wildman–Crippen LogP) is -0.0655. The molecule has 1 aromatic heterocycles. The molecule has 0 fully saturated rings. The van der Waals surface area contributed by atoms with E-state index < -0.39 is 0 Å². The zero-order valence-electron chi connectivity index (χ0n) is 7.60. The molecule has 0 atom stereocenters. The Morgan fingerprint density at radius 2 is 2.38 bits per heavy atom. The van der Waals surface area contributed by atoms with Gasteiger partial charge >= 0.3 is 0 Å². The largest absolute Gasteiger partial charge is 0.395 e. The molecular weight excluding hydrogens is 188 g/mol. The molecule has 0 aliphatic rings. The van der Waals surface area contributed by atoms with Gasteiger partial charge in [0.15, 0.2) is 0 Å². The van der Waals surface area contributed by atoms with E-state index in [-0.39, 0.29) is 6.61 Å². The second-order valence-corrected chi connectivity index (χ2v) is 3.46. The van der Waals surface area contributed by atoms with Gasteiger partial charge in [-0.25, -0.2) is 0 Å². The first-order chi connectivity index (χ1) is 6.27. The molecule has 0 saturated carbocycles. The number of rotatable bonds is 5. The van der Waals surface area contributed by atoms with E-state index in [1.165, 1.54) is 11.5 Å². The van der Waals surface area contributed by atoms with Crippen LogP contribution in [0.1, 0.15) is 12.6 Å². The predicted molar refractivity (Wildman–Crippen MR) is 52.4 cm³/mol. The van der Waals surface area contributed by atoms with E-state index in [1.54, 1.807) is 0 Å². The van der Waals surface area contributed by atoms with Gasteiger partial charge in [0, 0.05) is 24.6 Å². The van der Waals surface area contributed by atoms with Crippen molar-refractivity contribution < 1.29 is 5.11 Å². The van der Waals surface area contributed by atoms with Crippen molar-refractivity contribution in [3.8, 4) is 0 Å². The molecule has 0 aliphatic carbocycles. The van der Waals surface area contributed by atoms with Crippen molar-refractivity contribution in [1.29, 1.82) is 0 Å². The van der Waals surface area contributed by atoms with Crippen LogP contribution in [0.5, 0.6) is 0 Å². The molecular formula is C7H14N4OS. The van der Waals surface area contributed by atoms with Crippen molar-refractivity contribution in [2.45, 2.75) is 13.5 Å². The van der Waals surface area contributed by atoms with Gasteiger partial charge in [-0.3, -0.25) is 4.90 Å². The molecule has 0 aromatic carbocycles. The first kappa shape index (κ1) is 10.4. The van der Waals surface area contributed by atoms with E-state index in [9.17, 15) is 0 Å². The zero-order valence-corrected chi connectivity index (χ0v) is 8.42. The maximum absolute atomic E-state index is 8.76. The molecule has 5 nitrogen and oxygen atoms in total. The first-order valence-electron chi connectivity index (χ1n) is 4.17. The first-order valence-corrected chi connectivity index (χ1v) is 4.95. The summed E-state index contributed by atoms with van der Waals surface area (Å²) in [5.74, 6) is 0. The van der Waals surface area contributed by atoms with Crippen molar-refractivity contribution in [2.24, 2.45) is 0 Å². The summed E-state index contributed by atoms with van der Waals surface area (Å²) in [5, 5.41) is 13.3. The molecule has 1 aromatic rings. The second-order valence-electron chi connectivity index (χ2n) is 2.68. The van der Waals surface area contributed by atoms with Crippen molar-refractivity contribution in [3.05, 3.63) is 5.69 Å². The van der Waals surface area contributed by atoms with Gasteiger partial charge in [-0.1, -0.05) is 11.4 Å². The fourth-order valence-corrected chi connectivity index (χ4v) is 1.47. The van der Waals surface area contributed by atoms with E-state index in [2.05, 4.69) is 14.5 Å². The Hall–Kier alpha value is -0.720. The van der Waals surface area contributed by atoms with E-state index in [0.717, 1.165) is 12.2 Å². The minimum Gasteiger partial charge on any atom is -0.395 e. The zero-order chi connectivity index (χ0) is 9.68. The van der Waals surface area contributed by atoms with Gasteiger partial charge in [-0.2, -0.15) is 0 Å². The lowest BCUT2D eigenvalue weighted by Gasteiger charge is -2.17. The molecule has 3 N–H and O–H groups in total. The molecule has 0 saturated heterocycles. The maximum atomic E-state index is 8.76. The van der Waals surface area contributed by atoms with E-state index in [1.807, 2.05) is 6.92 Å². The number of aliphatic hydroxyl groups excluding tert-OH is 1. The number of hydrogen-bond acceptors (Lipinski definition) is 6. The average Bonchev–Trinajstić information content (AvgIpc) is 2.51. The van der Waals surface area contributed by atoms with Crippen molar-refractivity contribution >= 4 is 16.5 Å². The van der Waals surface area contributed by atoms with Crippen LogP contribution in [0.3, 0.4) is 0 Å². The summed E-state index contributed by atoms with van der Waals surface area (Å²) in [7, 11) is 0. The normalized spacial score (nSPS) is 11.0. The highest BCUT2D eigenvalue weighted by Crippen LogP contribution is 2.14. The quantitative estimate of drug-likeness (QED) is 0.699. The van der Waals surface area contributed by atoms with Crippen LogP contribution >= 0.6 is 11.5 Å². The number of nitrogen functional groups attached to an aromatic ring is 1. The summed E-state index contributed by atoms with van der Waals surface area (Å²) in [5.41, 5.74) is 6.45. The SMILES string of the molecule is CCN(CCO)Cc1nnsc1N. The third kappa shape index (κ3) is 2.91. The number of likely N-dealkylation sites (N-methyl/N-ethyl adjacent to an activating group) is 1. The van der Waals surface area contributed by atoms with Gasteiger partial charge in [0.2, 0.25) is 0 Å². The second kappa shape index (κ2) is 5.11. The van der Waals surface area contributed by atoms with E-state index >= 15 is 0 Å². The number of aliphatic hydroxyl groups is 1. The highest BCUT2D eigenvalue weighted by molar-refractivity contribution is 7.09. The fraction of sp³-hybridized carbons (Fsp3) is 0.714. The van der Waals surface area contributed by atoms with Crippen LogP contribution in [-0.4, -0.2) is 39.3 Å². The van der Waals surface area contributed by atoms with E-state index in [4.69, 9.17) is 10.8 Å². The molecule has 74 valence electrons. The maximum Gasteiger partial charge on any atom is 0.132 e. The molecule has 0 unspecified atom stereocenters. The highest BCUT2D eigenvalue weighted by Gasteiger charge is 2.08. The minimum atomic E-state index is 0.158. The summed E-state index contributed by atoms with van der Waals surface area (Å²) in [6.45, 7) is 4.38. The van der Waals surface area contributed by atoms with E-state index in [0.29, 0.717) is 18.1 Å². The molecule has 0 aliphatic heterocycles. The van der Waals surface area contributed by atoms with Crippen LogP contribution in [0.2, 0.25) is 0 Å². The lowest BCUT2D eigenvalue weighted by atomic mass is 10.4. The van der Waals surface area contributed by atoms with Crippen LogP contribution in [0.25, 0.3) is 0 Å². The monoisotopic (exact) mass is 202 g/mol. The Balaban J connectivity index is 2.51. The molecule has 0 radical (unpaired) electrons. The third-order valence-corrected chi connectivity index (χ3v) is 2.42. The summed E-state index contributed by atoms with van der Waals surface area (Å²) in [6.07, 6.45) is 0. The summed E-state index contributed by atoms with van der Waals surface area (Å²) < 4.78 is 3.75. The summed E-state index contributed by atoms with van der Waals surface area (Å²) in [4.78, 5) is 2.06. The van der Waals surface area contributed by atoms with Crippen molar-refractivity contribution in [2.75, 3.05) is 25.4 Å². The summed E-state index contributed by atoms with van der Waals surface area (Å²) in [6, 6.07) is 0. The molecule has 0 bridgehead atoms. The number of hydrogen-bond donors (Lipinski definition) is 2. The minimum absolute atomic E-state index is 0.158. The Kier molecular flexibility index (Phi) is 4.07. The molecule has 6 heteroatoms. The lowest BCUT2D eigenvalue weighted by molar-refractivity contribution is 0.195. The van der Waals surface area contributed by atoms with Gasteiger partial charge in [-0.15, -0.1) is 5.10 Å². The Labute approximate surface area is 81.3 Å². The summed E-state index contributed by atoms with van der Waals surface area (Å²) >= 11 is 1.20. The van der Waals surface area contributed by atoms with Gasteiger partial charge in [-0.05, 0) is 6.54 Å². The average molecular weight is 202 g/mol. The van der Waals surface area contributed by atoms with Crippen molar-refractivity contribution in [3.63, 3.8) is 0 Å². The number of nitrogens with zero attached hydrogens (tertiary/aromatic N) is 3. The smallest absolute Gasteiger partial charge is 0.132 e. The van der Waals surface area contributed by atoms with Crippen molar-refractivity contribution in [1.82, 2.24) is 14.5 Å². The molecule has 0 spiro atoms. The van der Waals surface area contributed by atoms with Crippen LogP contribution in [-0.2, 0) is 6.54 Å². The van der Waals surface area contributed by atoms with Crippen LogP contribution in [0.15, 0.2) is 0 Å². The molecule has 1 rings (SSSR count). The molecule has 0 amide bonds.